The first kappa shape index (κ1) is 24.8. The van der Waals surface area contributed by atoms with Crippen LogP contribution in [-0.2, 0) is 21.4 Å². The fourth-order valence-electron chi connectivity index (χ4n) is 5.75. The number of nitrogens with one attached hydrogen (secondary N) is 2. The number of imide groups is 1. The Morgan fingerprint density at radius 2 is 1.83 bits per heavy atom. The summed E-state index contributed by atoms with van der Waals surface area (Å²) in [6.07, 6.45) is 5.38. The summed E-state index contributed by atoms with van der Waals surface area (Å²) in [6.45, 7) is 6.00. The van der Waals surface area contributed by atoms with Crippen LogP contribution in [0.15, 0.2) is 23.0 Å². The van der Waals surface area contributed by atoms with Crippen LogP contribution in [0.2, 0.25) is 0 Å². The molecule has 3 aliphatic rings. The van der Waals surface area contributed by atoms with E-state index in [9.17, 15) is 14.4 Å². The Kier molecular flexibility index (Phi) is 7.56. The third-order valence-electron chi connectivity index (χ3n) is 7.75. The first-order valence-electron chi connectivity index (χ1n) is 13.1. The summed E-state index contributed by atoms with van der Waals surface area (Å²) >= 11 is 0. The van der Waals surface area contributed by atoms with E-state index in [1.807, 2.05) is 18.2 Å². The highest BCUT2D eigenvalue weighted by Gasteiger charge is 2.31. The van der Waals surface area contributed by atoms with Gasteiger partial charge in [-0.05, 0) is 63.2 Å². The van der Waals surface area contributed by atoms with Gasteiger partial charge in [0.2, 0.25) is 11.8 Å². The highest BCUT2D eigenvalue weighted by atomic mass is 16.5. The number of fused-ring (bicyclic) bond motifs is 1. The second kappa shape index (κ2) is 11.0. The van der Waals surface area contributed by atoms with Crippen molar-refractivity contribution in [1.82, 2.24) is 24.7 Å². The molecule has 1 aromatic carbocycles. The number of carbonyl (C=O) groups is 2. The van der Waals surface area contributed by atoms with Crippen LogP contribution in [0.3, 0.4) is 0 Å². The number of aryl methyl sites for hydroxylation is 1. The standard InChI is InChI=1S/C27H35N5O4/c1-30-25-20(4-2-6-22(25)32(27(30)35)23-7-8-24(33)29-26(23)34)5-3-17-36-21-11-15-31(16-12-21)18-19-9-13-28-14-10-19/h2,4,6,19,21,23,28H,7-18H2,1H3,(H,29,33,34). The van der Waals surface area contributed by atoms with E-state index in [-0.39, 0.29) is 24.1 Å². The number of nitrogens with zero attached hydrogens (tertiary/aromatic N) is 3. The van der Waals surface area contributed by atoms with E-state index in [1.54, 1.807) is 7.05 Å². The molecule has 0 bridgehead atoms. The maximum atomic E-state index is 13.0. The van der Waals surface area contributed by atoms with Crippen LogP contribution in [0.5, 0.6) is 0 Å². The second-order valence-corrected chi connectivity index (χ2v) is 10.2. The third-order valence-corrected chi connectivity index (χ3v) is 7.75. The molecule has 3 saturated heterocycles. The number of para-hydroxylation sites is 1. The monoisotopic (exact) mass is 493 g/mol. The summed E-state index contributed by atoms with van der Waals surface area (Å²) in [5.74, 6) is 6.38. The minimum atomic E-state index is -0.703. The zero-order valence-electron chi connectivity index (χ0n) is 20.9. The molecule has 9 nitrogen and oxygen atoms in total. The van der Waals surface area contributed by atoms with Gasteiger partial charge in [-0.15, -0.1) is 0 Å². The van der Waals surface area contributed by atoms with Crippen molar-refractivity contribution in [3.05, 3.63) is 34.2 Å². The summed E-state index contributed by atoms with van der Waals surface area (Å²) in [5, 5.41) is 5.78. The van der Waals surface area contributed by atoms with E-state index in [4.69, 9.17) is 4.74 Å². The van der Waals surface area contributed by atoms with Crippen molar-refractivity contribution in [2.45, 2.75) is 50.7 Å². The lowest BCUT2D eigenvalue weighted by atomic mass is 9.96. The van der Waals surface area contributed by atoms with E-state index in [1.165, 1.54) is 28.5 Å². The summed E-state index contributed by atoms with van der Waals surface area (Å²) in [6, 6.07) is 4.83. The maximum absolute atomic E-state index is 13.0. The van der Waals surface area contributed by atoms with Crippen LogP contribution in [0, 0.1) is 17.8 Å². The minimum absolute atomic E-state index is 0.215. The molecule has 1 unspecified atom stereocenters. The van der Waals surface area contributed by atoms with Crippen LogP contribution in [0.4, 0.5) is 0 Å². The number of benzene rings is 1. The Labute approximate surface area is 211 Å². The fraction of sp³-hybridized carbons (Fsp3) is 0.593. The third kappa shape index (κ3) is 5.26. The van der Waals surface area contributed by atoms with E-state index >= 15 is 0 Å². The zero-order chi connectivity index (χ0) is 25.1. The molecule has 9 heteroatoms. The number of piperidine rings is 3. The van der Waals surface area contributed by atoms with Crippen molar-refractivity contribution in [2.75, 3.05) is 39.3 Å². The zero-order valence-corrected chi connectivity index (χ0v) is 20.9. The highest BCUT2D eigenvalue weighted by Crippen LogP contribution is 2.25. The lowest BCUT2D eigenvalue weighted by molar-refractivity contribution is -0.135. The van der Waals surface area contributed by atoms with Gasteiger partial charge in [0.1, 0.15) is 12.6 Å². The predicted octanol–water partition coefficient (Wildman–Crippen LogP) is 1.15. The van der Waals surface area contributed by atoms with Crippen LogP contribution in [0.1, 0.15) is 50.1 Å². The quantitative estimate of drug-likeness (QED) is 0.479. The lowest BCUT2D eigenvalue weighted by Crippen LogP contribution is -2.44. The normalized spacial score (nSPS) is 22.4. The van der Waals surface area contributed by atoms with Crippen molar-refractivity contribution < 1.29 is 14.3 Å². The smallest absolute Gasteiger partial charge is 0.329 e. The molecule has 3 aliphatic heterocycles. The summed E-state index contributed by atoms with van der Waals surface area (Å²) in [5.41, 5.74) is 1.76. The van der Waals surface area contributed by atoms with Gasteiger partial charge in [0.15, 0.2) is 0 Å². The lowest BCUT2D eigenvalue weighted by Gasteiger charge is -2.35. The average molecular weight is 494 g/mol. The second-order valence-electron chi connectivity index (χ2n) is 10.2. The number of hydrogen-bond donors (Lipinski definition) is 2. The van der Waals surface area contributed by atoms with Gasteiger partial charge in [-0.3, -0.25) is 24.0 Å². The van der Waals surface area contributed by atoms with Crippen LogP contribution in [-0.4, -0.2) is 71.3 Å². The number of hydrogen-bond acceptors (Lipinski definition) is 6. The van der Waals surface area contributed by atoms with Crippen molar-refractivity contribution >= 4 is 22.8 Å². The number of likely N-dealkylation sites (tertiary alicyclic amines) is 1. The fourth-order valence-corrected chi connectivity index (χ4v) is 5.75. The molecule has 0 radical (unpaired) electrons. The van der Waals surface area contributed by atoms with Gasteiger partial charge < -0.3 is 15.0 Å². The molecular weight excluding hydrogens is 458 g/mol. The van der Waals surface area contributed by atoms with Gasteiger partial charge in [-0.2, -0.15) is 0 Å². The molecule has 36 heavy (non-hydrogen) atoms. The molecule has 192 valence electrons. The van der Waals surface area contributed by atoms with Crippen LogP contribution < -0.4 is 16.3 Å². The number of carbonyl (C=O) groups excluding carboxylic acids is 2. The molecule has 0 spiro atoms. The molecule has 2 N–H and O–H groups in total. The van der Waals surface area contributed by atoms with Gasteiger partial charge in [0.25, 0.3) is 0 Å². The van der Waals surface area contributed by atoms with Crippen molar-refractivity contribution in [2.24, 2.45) is 13.0 Å². The maximum Gasteiger partial charge on any atom is 0.329 e. The predicted molar refractivity (Wildman–Crippen MR) is 136 cm³/mol. The van der Waals surface area contributed by atoms with E-state index in [0.29, 0.717) is 24.1 Å². The summed E-state index contributed by atoms with van der Waals surface area (Å²) < 4.78 is 9.08. The molecule has 0 aliphatic carbocycles. The number of rotatable bonds is 5. The number of amides is 2. The summed E-state index contributed by atoms with van der Waals surface area (Å²) in [7, 11) is 1.69. The topological polar surface area (TPSA) is 97.6 Å². The van der Waals surface area contributed by atoms with Gasteiger partial charge in [0, 0.05) is 33.1 Å². The first-order chi connectivity index (χ1) is 17.5. The molecule has 2 amide bonds. The van der Waals surface area contributed by atoms with Gasteiger partial charge in [-0.1, -0.05) is 17.9 Å². The molecular formula is C27H35N5O4. The SMILES string of the molecule is Cn1c(=O)n(C2CCC(=O)NC2=O)c2cccc(C#CCOC3CCN(CC4CCNCC4)CC3)c21. The number of aromatic nitrogens is 2. The Morgan fingerprint density at radius 1 is 1.06 bits per heavy atom. The molecule has 1 atom stereocenters. The number of imidazole rings is 1. The van der Waals surface area contributed by atoms with Crippen LogP contribution in [0.25, 0.3) is 11.0 Å². The van der Waals surface area contributed by atoms with Crippen molar-refractivity contribution in [3.63, 3.8) is 0 Å². The minimum Gasteiger partial charge on any atom is -0.365 e. The molecule has 4 heterocycles. The van der Waals surface area contributed by atoms with Gasteiger partial charge >= 0.3 is 5.69 Å². The van der Waals surface area contributed by atoms with E-state index < -0.39 is 11.9 Å². The molecule has 1 aromatic heterocycles. The molecule has 2 aromatic rings. The first-order valence-corrected chi connectivity index (χ1v) is 13.1. The molecule has 5 rings (SSSR count). The average Bonchev–Trinajstić information content (AvgIpc) is 3.14. The van der Waals surface area contributed by atoms with Gasteiger partial charge in [0.05, 0.1) is 22.7 Å². The van der Waals surface area contributed by atoms with E-state index in [0.717, 1.165) is 50.5 Å². The Morgan fingerprint density at radius 3 is 2.58 bits per heavy atom. The number of ether oxygens (including phenoxy) is 1. The van der Waals surface area contributed by atoms with Crippen LogP contribution >= 0.6 is 0 Å². The Hall–Kier alpha value is -2.93. The van der Waals surface area contributed by atoms with Gasteiger partial charge in [-0.25, -0.2) is 4.79 Å². The van der Waals surface area contributed by atoms with Crippen molar-refractivity contribution in [1.29, 1.82) is 0 Å². The largest absolute Gasteiger partial charge is 0.365 e. The highest BCUT2D eigenvalue weighted by molar-refractivity contribution is 6.00. The van der Waals surface area contributed by atoms with E-state index in [2.05, 4.69) is 27.4 Å². The van der Waals surface area contributed by atoms with Crippen molar-refractivity contribution in [3.8, 4) is 11.8 Å². The molecule has 3 fully saturated rings. The Bertz CT molecular complexity index is 1240. The Balaban J connectivity index is 1.21. The summed E-state index contributed by atoms with van der Waals surface area (Å²) in [4.78, 5) is 39.6. The molecule has 0 saturated carbocycles.